The first kappa shape index (κ1) is 14.7. The first-order chi connectivity index (χ1) is 9.75. The molecule has 0 amide bonds. The van der Waals surface area contributed by atoms with Crippen molar-refractivity contribution in [3.63, 3.8) is 0 Å². The van der Waals surface area contributed by atoms with Crippen LogP contribution in [0.1, 0.15) is 0 Å². The van der Waals surface area contributed by atoms with Gasteiger partial charge in [0.05, 0.1) is 6.61 Å². The van der Waals surface area contributed by atoms with Crippen molar-refractivity contribution in [3.8, 4) is 11.1 Å². The van der Waals surface area contributed by atoms with Crippen LogP contribution in [-0.4, -0.2) is 38.8 Å². The molecule has 20 heavy (non-hydrogen) atoms. The largest absolute Gasteiger partial charge is 0.374 e. The minimum absolute atomic E-state index is 0.753. The molecule has 2 rings (SSSR count). The van der Waals surface area contributed by atoms with Gasteiger partial charge >= 0.3 is 0 Å². The molecule has 1 aromatic heterocycles. The zero-order valence-electron chi connectivity index (χ0n) is 12.3. The van der Waals surface area contributed by atoms with Gasteiger partial charge in [-0.2, -0.15) is 0 Å². The molecule has 1 heterocycles. The fraction of sp³-hybridized carbons (Fsp3) is 0.353. The lowest BCUT2D eigenvalue weighted by Gasteiger charge is -2.08. The van der Waals surface area contributed by atoms with Crippen LogP contribution in [-0.2, 0) is 11.3 Å². The van der Waals surface area contributed by atoms with Gasteiger partial charge in [0.15, 0.2) is 18.9 Å². The van der Waals surface area contributed by atoms with Crippen LogP contribution < -0.4 is 4.57 Å². The zero-order valence-corrected chi connectivity index (χ0v) is 12.3. The Morgan fingerprint density at radius 2 is 1.55 bits per heavy atom. The van der Waals surface area contributed by atoms with Gasteiger partial charge in [0, 0.05) is 18.7 Å². The Bertz CT molecular complexity index is 494. The Balaban J connectivity index is 1.80. The molecule has 0 radical (unpaired) electrons. The quantitative estimate of drug-likeness (QED) is 0.567. The molecule has 0 aliphatic carbocycles. The third kappa shape index (κ3) is 4.76. The monoisotopic (exact) mass is 271 g/mol. The molecular formula is C17H23N2O+. The summed E-state index contributed by atoms with van der Waals surface area (Å²) in [5, 5.41) is 0. The number of nitrogens with zero attached hydrogens (tertiary/aromatic N) is 2. The van der Waals surface area contributed by atoms with Crippen LogP contribution in [0, 0.1) is 0 Å². The molecule has 0 bridgehead atoms. The van der Waals surface area contributed by atoms with E-state index in [4.69, 9.17) is 4.74 Å². The molecule has 0 saturated heterocycles. The van der Waals surface area contributed by atoms with Gasteiger partial charge in [-0.25, -0.2) is 4.57 Å². The first-order valence-electron chi connectivity index (χ1n) is 7.03. The van der Waals surface area contributed by atoms with Gasteiger partial charge in [-0.3, -0.25) is 0 Å². The van der Waals surface area contributed by atoms with E-state index in [1.165, 1.54) is 11.1 Å². The smallest absolute Gasteiger partial charge is 0.171 e. The minimum Gasteiger partial charge on any atom is -0.374 e. The summed E-state index contributed by atoms with van der Waals surface area (Å²) in [6, 6.07) is 14.7. The lowest BCUT2D eigenvalue weighted by atomic mass is 10.1. The normalized spacial score (nSPS) is 10.9. The van der Waals surface area contributed by atoms with E-state index in [0.717, 1.165) is 26.3 Å². The maximum absolute atomic E-state index is 5.60. The standard InChI is InChI=1S/C17H23N2O/c1-18(2)12-14-20-15-13-19-10-8-17(9-11-19)16-6-4-3-5-7-16/h3-11H,12-15H2,1-2H3/q+1. The first-order valence-corrected chi connectivity index (χ1v) is 7.03. The lowest BCUT2D eigenvalue weighted by molar-refractivity contribution is -0.698. The molecule has 2 aromatic rings. The molecule has 0 atom stereocenters. The second kappa shape index (κ2) is 7.78. The van der Waals surface area contributed by atoms with Crippen molar-refractivity contribution in [2.24, 2.45) is 0 Å². The van der Waals surface area contributed by atoms with Crippen molar-refractivity contribution in [3.05, 3.63) is 54.9 Å². The average molecular weight is 271 g/mol. The molecule has 0 aliphatic heterocycles. The molecule has 0 N–H and O–H groups in total. The van der Waals surface area contributed by atoms with Crippen molar-refractivity contribution in [1.29, 1.82) is 0 Å². The van der Waals surface area contributed by atoms with Gasteiger partial charge in [0.2, 0.25) is 0 Å². The molecule has 0 saturated carbocycles. The molecule has 106 valence electrons. The van der Waals surface area contributed by atoms with Crippen molar-refractivity contribution >= 4 is 0 Å². The fourth-order valence-electron chi connectivity index (χ4n) is 1.95. The van der Waals surface area contributed by atoms with Crippen LogP contribution in [0.4, 0.5) is 0 Å². The van der Waals surface area contributed by atoms with E-state index < -0.39 is 0 Å². The van der Waals surface area contributed by atoms with Gasteiger partial charge in [-0.05, 0) is 25.2 Å². The van der Waals surface area contributed by atoms with Crippen molar-refractivity contribution in [2.45, 2.75) is 6.54 Å². The summed E-state index contributed by atoms with van der Waals surface area (Å²) in [5.74, 6) is 0. The number of likely N-dealkylation sites (N-methyl/N-ethyl adjacent to an activating group) is 1. The number of pyridine rings is 1. The fourth-order valence-corrected chi connectivity index (χ4v) is 1.95. The lowest BCUT2D eigenvalue weighted by Crippen LogP contribution is -2.35. The summed E-state index contributed by atoms with van der Waals surface area (Å²) in [4.78, 5) is 2.13. The number of benzene rings is 1. The Hall–Kier alpha value is -1.71. The highest BCUT2D eigenvalue weighted by atomic mass is 16.5. The van der Waals surface area contributed by atoms with Crippen LogP contribution in [0.2, 0.25) is 0 Å². The van der Waals surface area contributed by atoms with Crippen LogP contribution in [0.15, 0.2) is 54.9 Å². The average Bonchev–Trinajstić information content (AvgIpc) is 2.48. The van der Waals surface area contributed by atoms with Gasteiger partial charge in [-0.15, -0.1) is 0 Å². The summed E-state index contributed by atoms with van der Waals surface area (Å²) >= 11 is 0. The summed E-state index contributed by atoms with van der Waals surface area (Å²) < 4.78 is 7.76. The zero-order chi connectivity index (χ0) is 14.2. The Labute approximate surface area is 121 Å². The van der Waals surface area contributed by atoms with Gasteiger partial charge in [-0.1, -0.05) is 30.3 Å². The SMILES string of the molecule is CN(C)CCOCC[n+]1ccc(-c2ccccc2)cc1. The molecule has 0 spiro atoms. The number of hydrogen-bond acceptors (Lipinski definition) is 2. The second-order valence-electron chi connectivity index (χ2n) is 5.11. The van der Waals surface area contributed by atoms with E-state index in [-0.39, 0.29) is 0 Å². The maximum atomic E-state index is 5.60. The highest BCUT2D eigenvalue weighted by molar-refractivity contribution is 5.61. The van der Waals surface area contributed by atoms with E-state index in [1.807, 2.05) is 6.07 Å². The summed E-state index contributed by atoms with van der Waals surface area (Å²) in [6.45, 7) is 3.40. The minimum atomic E-state index is 0.753. The summed E-state index contributed by atoms with van der Waals surface area (Å²) in [6.07, 6.45) is 4.22. The molecule has 1 aromatic carbocycles. The van der Waals surface area contributed by atoms with Crippen molar-refractivity contribution in [2.75, 3.05) is 33.9 Å². The highest BCUT2D eigenvalue weighted by Crippen LogP contribution is 2.16. The number of rotatable bonds is 7. The highest BCUT2D eigenvalue weighted by Gasteiger charge is 2.02. The molecule has 0 fully saturated rings. The molecule has 0 aliphatic rings. The molecule has 0 unspecified atom stereocenters. The molecule has 3 heteroatoms. The van der Waals surface area contributed by atoms with E-state index in [0.29, 0.717) is 0 Å². The van der Waals surface area contributed by atoms with E-state index in [2.05, 4.69) is 72.4 Å². The number of hydrogen-bond donors (Lipinski definition) is 0. The van der Waals surface area contributed by atoms with Crippen LogP contribution in [0.3, 0.4) is 0 Å². The summed E-state index contributed by atoms with van der Waals surface area (Å²) in [7, 11) is 4.11. The van der Waals surface area contributed by atoms with Crippen LogP contribution in [0.25, 0.3) is 11.1 Å². The van der Waals surface area contributed by atoms with E-state index in [9.17, 15) is 0 Å². The predicted molar refractivity (Wildman–Crippen MR) is 81.4 cm³/mol. The molecular weight excluding hydrogens is 248 g/mol. The van der Waals surface area contributed by atoms with E-state index in [1.54, 1.807) is 0 Å². The third-order valence-corrected chi connectivity index (χ3v) is 3.17. The molecule has 3 nitrogen and oxygen atoms in total. The maximum Gasteiger partial charge on any atom is 0.171 e. The van der Waals surface area contributed by atoms with Gasteiger partial charge in [0.1, 0.15) is 6.61 Å². The van der Waals surface area contributed by atoms with Gasteiger partial charge in [0.25, 0.3) is 0 Å². The van der Waals surface area contributed by atoms with Crippen molar-refractivity contribution < 1.29 is 9.30 Å². The summed E-state index contributed by atoms with van der Waals surface area (Å²) in [5.41, 5.74) is 2.50. The Kier molecular flexibility index (Phi) is 5.71. The third-order valence-electron chi connectivity index (χ3n) is 3.17. The van der Waals surface area contributed by atoms with E-state index >= 15 is 0 Å². The van der Waals surface area contributed by atoms with Crippen molar-refractivity contribution in [1.82, 2.24) is 4.90 Å². The predicted octanol–water partition coefficient (Wildman–Crippen LogP) is 2.22. The number of aromatic nitrogens is 1. The van der Waals surface area contributed by atoms with Crippen LogP contribution >= 0.6 is 0 Å². The van der Waals surface area contributed by atoms with Crippen LogP contribution in [0.5, 0.6) is 0 Å². The second-order valence-corrected chi connectivity index (χ2v) is 5.11. The Morgan fingerprint density at radius 1 is 0.900 bits per heavy atom. The van der Waals surface area contributed by atoms with Gasteiger partial charge < -0.3 is 9.64 Å². The topological polar surface area (TPSA) is 16.4 Å². The Morgan fingerprint density at radius 3 is 2.20 bits per heavy atom. The number of ether oxygens (including phenoxy) is 1.